The van der Waals surface area contributed by atoms with Crippen molar-refractivity contribution < 1.29 is 9.18 Å². The van der Waals surface area contributed by atoms with Crippen molar-refractivity contribution in [2.75, 3.05) is 5.32 Å². The SMILES string of the molecule is C=C(Nc1ccc(CCC)c(F)c1)c1ccccc1C=O. The molecule has 2 nitrogen and oxygen atoms in total. The molecule has 1 N–H and O–H groups in total. The number of aldehydes is 1. The van der Waals surface area contributed by atoms with Crippen molar-refractivity contribution in [1.29, 1.82) is 0 Å². The Labute approximate surface area is 124 Å². The van der Waals surface area contributed by atoms with Gasteiger partial charge in [0.25, 0.3) is 0 Å². The van der Waals surface area contributed by atoms with Crippen LogP contribution >= 0.6 is 0 Å². The monoisotopic (exact) mass is 283 g/mol. The van der Waals surface area contributed by atoms with Crippen molar-refractivity contribution in [2.45, 2.75) is 19.8 Å². The summed E-state index contributed by atoms with van der Waals surface area (Å²) in [5, 5.41) is 3.05. The highest BCUT2D eigenvalue weighted by atomic mass is 19.1. The maximum Gasteiger partial charge on any atom is 0.150 e. The van der Waals surface area contributed by atoms with E-state index in [1.807, 2.05) is 19.1 Å². The summed E-state index contributed by atoms with van der Waals surface area (Å²) in [4.78, 5) is 11.0. The van der Waals surface area contributed by atoms with Crippen molar-refractivity contribution in [1.82, 2.24) is 0 Å². The van der Waals surface area contributed by atoms with Crippen LogP contribution in [0.1, 0.15) is 34.8 Å². The number of anilines is 1. The summed E-state index contributed by atoms with van der Waals surface area (Å²) >= 11 is 0. The van der Waals surface area contributed by atoms with Crippen LogP contribution in [-0.4, -0.2) is 6.29 Å². The Morgan fingerprint density at radius 3 is 2.71 bits per heavy atom. The molecule has 0 aliphatic rings. The van der Waals surface area contributed by atoms with Crippen molar-refractivity contribution in [3.05, 3.63) is 71.6 Å². The summed E-state index contributed by atoms with van der Waals surface area (Å²) in [5.41, 5.74) is 3.17. The second-order valence-electron chi connectivity index (χ2n) is 4.86. The number of carbonyl (C=O) groups excluding carboxylic acids is 1. The van der Waals surface area contributed by atoms with Crippen LogP contribution in [0.3, 0.4) is 0 Å². The maximum atomic E-state index is 13.9. The number of carbonyl (C=O) groups is 1. The van der Waals surface area contributed by atoms with Gasteiger partial charge < -0.3 is 5.32 Å². The molecule has 108 valence electrons. The molecule has 0 saturated carbocycles. The lowest BCUT2D eigenvalue weighted by Crippen LogP contribution is -2.01. The van der Waals surface area contributed by atoms with Crippen LogP contribution in [0, 0.1) is 5.82 Å². The van der Waals surface area contributed by atoms with Gasteiger partial charge in [-0.3, -0.25) is 4.79 Å². The second-order valence-corrected chi connectivity index (χ2v) is 4.86. The summed E-state index contributed by atoms with van der Waals surface area (Å²) in [6.07, 6.45) is 2.41. The lowest BCUT2D eigenvalue weighted by molar-refractivity contribution is 0.112. The standard InChI is InChI=1S/C18H18FNO/c1-3-6-14-9-10-16(11-18(14)19)20-13(2)17-8-5-4-7-15(17)12-21/h4-5,7-12,20H,2-3,6H2,1H3. The number of rotatable bonds is 6. The number of hydrogen-bond acceptors (Lipinski definition) is 2. The Bertz CT molecular complexity index is 664. The summed E-state index contributed by atoms with van der Waals surface area (Å²) in [6.45, 7) is 5.94. The van der Waals surface area contributed by atoms with E-state index in [9.17, 15) is 9.18 Å². The zero-order valence-electron chi connectivity index (χ0n) is 12.0. The topological polar surface area (TPSA) is 29.1 Å². The minimum absolute atomic E-state index is 0.224. The van der Waals surface area contributed by atoms with E-state index >= 15 is 0 Å². The predicted octanol–water partition coefficient (Wildman–Crippen LogP) is 4.67. The molecule has 0 heterocycles. The van der Waals surface area contributed by atoms with Gasteiger partial charge >= 0.3 is 0 Å². The summed E-state index contributed by atoms with van der Waals surface area (Å²) < 4.78 is 13.9. The minimum atomic E-state index is -0.224. The number of hydrogen-bond donors (Lipinski definition) is 1. The smallest absolute Gasteiger partial charge is 0.150 e. The second kappa shape index (κ2) is 6.84. The van der Waals surface area contributed by atoms with Crippen LogP contribution in [0.4, 0.5) is 10.1 Å². The Hall–Kier alpha value is -2.42. The summed E-state index contributed by atoms with van der Waals surface area (Å²) in [6, 6.07) is 12.2. The molecule has 0 spiro atoms. The highest BCUT2D eigenvalue weighted by Crippen LogP contribution is 2.22. The van der Waals surface area contributed by atoms with E-state index in [0.717, 1.165) is 19.1 Å². The van der Waals surface area contributed by atoms with Gasteiger partial charge in [0.2, 0.25) is 0 Å². The molecule has 0 aliphatic carbocycles. The van der Waals surface area contributed by atoms with Gasteiger partial charge in [0.05, 0.1) is 0 Å². The highest BCUT2D eigenvalue weighted by molar-refractivity contribution is 5.88. The summed E-state index contributed by atoms with van der Waals surface area (Å²) in [7, 11) is 0. The van der Waals surface area contributed by atoms with Crippen molar-refractivity contribution in [2.24, 2.45) is 0 Å². The Kier molecular flexibility index (Phi) is 4.88. The van der Waals surface area contributed by atoms with Gasteiger partial charge in [0.15, 0.2) is 6.29 Å². The molecular formula is C18H18FNO. The van der Waals surface area contributed by atoms with Crippen LogP contribution < -0.4 is 5.32 Å². The molecule has 0 bridgehead atoms. The molecule has 0 aliphatic heterocycles. The first-order valence-electron chi connectivity index (χ1n) is 6.94. The average Bonchev–Trinajstić information content (AvgIpc) is 2.50. The van der Waals surface area contributed by atoms with Gasteiger partial charge in [-0.1, -0.05) is 50.3 Å². The van der Waals surface area contributed by atoms with Gasteiger partial charge in [-0.2, -0.15) is 0 Å². The van der Waals surface area contributed by atoms with Crippen LogP contribution in [0.5, 0.6) is 0 Å². The molecule has 2 aromatic carbocycles. The fraction of sp³-hybridized carbons (Fsp3) is 0.167. The van der Waals surface area contributed by atoms with Gasteiger partial charge in [-0.05, 0) is 24.1 Å². The molecule has 21 heavy (non-hydrogen) atoms. The van der Waals surface area contributed by atoms with Crippen molar-refractivity contribution in [3.8, 4) is 0 Å². The number of halogens is 1. The zero-order chi connectivity index (χ0) is 15.2. The van der Waals surface area contributed by atoms with E-state index in [-0.39, 0.29) is 5.82 Å². The van der Waals surface area contributed by atoms with Gasteiger partial charge in [-0.25, -0.2) is 4.39 Å². The normalized spacial score (nSPS) is 10.2. The summed E-state index contributed by atoms with van der Waals surface area (Å²) in [5.74, 6) is -0.224. The van der Waals surface area contributed by atoms with E-state index in [1.54, 1.807) is 24.3 Å². The number of nitrogens with one attached hydrogen (secondary N) is 1. The Balaban J connectivity index is 2.20. The van der Waals surface area contributed by atoms with E-state index in [1.165, 1.54) is 6.07 Å². The molecule has 0 unspecified atom stereocenters. The van der Waals surface area contributed by atoms with E-state index in [0.29, 0.717) is 28.1 Å². The van der Waals surface area contributed by atoms with Crippen LogP contribution in [0.25, 0.3) is 5.70 Å². The lowest BCUT2D eigenvalue weighted by atomic mass is 10.1. The van der Waals surface area contributed by atoms with Crippen molar-refractivity contribution in [3.63, 3.8) is 0 Å². The third-order valence-corrected chi connectivity index (χ3v) is 3.28. The lowest BCUT2D eigenvalue weighted by Gasteiger charge is -2.12. The molecule has 0 saturated heterocycles. The minimum Gasteiger partial charge on any atom is -0.355 e. The van der Waals surface area contributed by atoms with Crippen LogP contribution in [0.2, 0.25) is 0 Å². The number of benzene rings is 2. The van der Waals surface area contributed by atoms with Gasteiger partial charge in [0.1, 0.15) is 5.82 Å². The third-order valence-electron chi connectivity index (χ3n) is 3.28. The zero-order valence-corrected chi connectivity index (χ0v) is 12.0. The fourth-order valence-electron chi connectivity index (χ4n) is 2.21. The maximum absolute atomic E-state index is 13.9. The molecule has 0 atom stereocenters. The quantitative estimate of drug-likeness (QED) is 0.780. The molecule has 0 amide bonds. The van der Waals surface area contributed by atoms with E-state index in [2.05, 4.69) is 11.9 Å². The highest BCUT2D eigenvalue weighted by Gasteiger charge is 2.07. The largest absolute Gasteiger partial charge is 0.355 e. The van der Waals surface area contributed by atoms with Crippen LogP contribution in [-0.2, 0) is 6.42 Å². The van der Waals surface area contributed by atoms with E-state index < -0.39 is 0 Å². The molecule has 0 radical (unpaired) electrons. The van der Waals surface area contributed by atoms with E-state index in [4.69, 9.17) is 0 Å². The first kappa shape index (κ1) is 15.0. The molecule has 2 aromatic rings. The first-order valence-corrected chi connectivity index (χ1v) is 6.94. The van der Waals surface area contributed by atoms with Gasteiger partial charge in [0, 0.05) is 22.5 Å². The molecule has 2 rings (SSSR count). The first-order chi connectivity index (χ1) is 10.2. The molecule has 0 aromatic heterocycles. The predicted molar refractivity (Wildman–Crippen MR) is 84.9 cm³/mol. The Morgan fingerprint density at radius 2 is 2.05 bits per heavy atom. The molecular weight excluding hydrogens is 265 g/mol. The molecule has 0 fully saturated rings. The third kappa shape index (κ3) is 3.57. The van der Waals surface area contributed by atoms with Crippen molar-refractivity contribution >= 4 is 17.7 Å². The average molecular weight is 283 g/mol. The van der Waals surface area contributed by atoms with Gasteiger partial charge in [-0.15, -0.1) is 0 Å². The fourth-order valence-corrected chi connectivity index (χ4v) is 2.21. The van der Waals surface area contributed by atoms with Crippen LogP contribution in [0.15, 0.2) is 49.0 Å². The molecule has 3 heteroatoms. The Morgan fingerprint density at radius 1 is 1.29 bits per heavy atom. The number of aryl methyl sites for hydroxylation is 1.